The zero-order valence-electron chi connectivity index (χ0n) is 11.8. The van der Waals surface area contributed by atoms with Crippen LogP contribution in [-0.2, 0) is 4.79 Å². The first-order valence-corrected chi connectivity index (χ1v) is 6.78. The number of benzene rings is 1. The molecule has 0 aromatic heterocycles. The highest BCUT2D eigenvalue weighted by atomic mass is 16.4. The van der Waals surface area contributed by atoms with E-state index in [1.807, 2.05) is 6.07 Å². The molecule has 1 fully saturated rings. The minimum absolute atomic E-state index is 0.217. The largest absolute Gasteiger partial charge is 0.481 e. The number of amides is 2. The van der Waals surface area contributed by atoms with Gasteiger partial charge in [-0.25, -0.2) is 4.79 Å². The van der Waals surface area contributed by atoms with Crippen molar-refractivity contribution in [1.29, 1.82) is 5.26 Å². The van der Waals surface area contributed by atoms with Crippen molar-refractivity contribution in [3.8, 4) is 6.07 Å². The number of piperidine rings is 1. The lowest BCUT2D eigenvalue weighted by molar-refractivity contribution is -0.143. The van der Waals surface area contributed by atoms with Crippen LogP contribution in [0.25, 0.3) is 0 Å². The van der Waals surface area contributed by atoms with Crippen molar-refractivity contribution in [2.24, 2.45) is 5.92 Å². The monoisotopic (exact) mass is 287 g/mol. The fraction of sp³-hybridized carbons (Fsp3) is 0.400. The second-order valence-corrected chi connectivity index (χ2v) is 5.12. The number of hydrogen-bond acceptors (Lipinski definition) is 3. The van der Waals surface area contributed by atoms with Crippen LogP contribution >= 0.6 is 0 Å². The Bertz CT molecular complexity index is 577. The third-order valence-corrected chi connectivity index (χ3v) is 3.71. The lowest BCUT2D eigenvalue weighted by atomic mass is 9.98. The van der Waals surface area contributed by atoms with E-state index in [-0.39, 0.29) is 12.6 Å². The third kappa shape index (κ3) is 3.31. The van der Waals surface area contributed by atoms with E-state index in [1.54, 1.807) is 36.2 Å². The summed E-state index contributed by atoms with van der Waals surface area (Å²) in [4.78, 5) is 26.5. The fourth-order valence-electron chi connectivity index (χ4n) is 2.43. The zero-order chi connectivity index (χ0) is 15.4. The van der Waals surface area contributed by atoms with E-state index in [4.69, 9.17) is 10.4 Å². The summed E-state index contributed by atoms with van der Waals surface area (Å²) in [6, 6.07) is 8.51. The highest BCUT2D eigenvalue weighted by Gasteiger charge is 2.29. The van der Waals surface area contributed by atoms with Gasteiger partial charge in [-0.1, -0.05) is 0 Å². The molecule has 1 aromatic carbocycles. The average molecular weight is 287 g/mol. The average Bonchev–Trinajstić information content (AvgIpc) is 2.53. The quantitative estimate of drug-likeness (QED) is 0.900. The highest BCUT2D eigenvalue weighted by molar-refractivity contribution is 5.91. The van der Waals surface area contributed by atoms with Crippen LogP contribution in [0.15, 0.2) is 24.3 Å². The van der Waals surface area contributed by atoms with Crippen molar-refractivity contribution in [1.82, 2.24) is 4.90 Å². The molecule has 6 nitrogen and oxygen atoms in total. The van der Waals surface area contributed by atoms with Crippen molar-refractivity contribution in [2.75, 3.05) is 25.0 Å². The van der Waals surface area contributed by atoms with Crippen molar-refractivity contribution in [2.45, 2.75) is 12.8 Å². The van der Waals surface area contributed by atoms with Gasteiger partial charge in [0, 0.05) is 25.8 Å². The Morgan fingerprint density at radius 1 is 1.38 bits per heavy atom. The number of carboxylic acid groups (broad SMARTS) is 1. The number of carbonyl (C=O) groups is 2. The highest BCUT2D eigenvalue weighted by Crippen LogP contribution is 2.20. The topological polar surface area (TPSA) is 84.6 Å². The SMILES string of the molecule is CN(C(=O)N1CCC[C@H](C(=O)O)C1)c1ccc(C#N)cc1. The summed E-state index contributed by atoms with van der Waals surface area (Å²) in [6.45, 7) is 0.817. The number of anilines is 1. The van der Waals surface area contributed by atoms with Gasteiger partial charge in [-0.05, 0) is 37.1 Å². The molecule has 21 heavy (non-hydrogen) atoms. The molecule has 1 aromatic rings. The molecule has 1 heterocycles. The van der Waals surface area contributed by atoms with Crippen molar-refractivity contribution in [3.05, 3.63) is 29.8 Å². The number of likely N-dealkylation sites (tertiary alicyclic amines) is 1. The summed E-state index contributed by atoms with van der Waals surface area (Å²) in [5, 5.41) is 17.8. The molecule has 0 aliphatic carbocycles. The molecular weight excluding hydrogens is 270 g/mol. The van der Waals surface area contributed by atoms with E-state index in [0.717, 1.165) is 0 Å². The van der Waals surface area contributed by atoms with Crippen LogP contribution in [-0.4, -0.2) is 42.1 Å². The Balaban J connectivity index is 2.07. The smallest absolute Gasteiger partial charge is 0.324 e. The predicted octanol–water partition coefficient (Wildman–Crippen LogP) is 1.91. The molecule has 2 rings (SSSR count). The number of rotatable bonds is 2. The minimum Gasteiger partial charge on any atom is -0.481 e. The first-order chi connectivity index (χ1) is 10.0. The summed E-state index contributed by atoms with van der Waals surface area (Å²) in [6.07, 6.45) is 1.31. The molecule has 1 aliphatic rings. The molecule has 0 radical (unpaired) electrons. The maximum Gasteiger partial charge on any atom is 0.324 e. The fourth-order valence-corrected chi connectivity index (χ4v) is 2.43. The minimum atomic E-state index is -0.853. The molecule has 0 unspecified atom stereocenters. The number of carboxylic acids is 1. The molecule has 0 bridgehead atoms. The number of aliphatic carboxylic acids is 1. The van der Waals surface area contributed by atoms with Gasteiger partial charge < -0.3 is 10.0 Å². The van der Waals surface area contributed by atoms with Gasteiger partial charge in [0.1, 0.15) is 0 Å². The lowest BCUT2D eigenvalue weighted by Crippen LogP contribution is -2.47. The maximum atomic E-state index is 12.4. The predicted molar refractivity (Wildman–Crippen MR) is 76.9 cm³/mol. The molecular formula is C15H17N3O3. The van der Waals surface area contributed by atoms with E-state index in [1.165, 1.54) is 4.90 Å². The van der Waals surface area contributed by atoms with Gasteiger partial charge in [-0.2, -0.15) is 5.26 Å². The van der Waals surface area contributed by atoms with Gasteiger partial charge in [0.25, 0.3) is 0 Å². The van der Waals surface area contributed by atoms with E-state index in [9.17, 15) is 9.59 Å². The number of hydrogen-bond donors (Lipinski definition) is 1. The van der Waals surface area contributed by atoms with Crippen LogP contribution in [0.2, 0.25) is 0 Å². The Labute approximate surface area is 123 Å². The Kier molecular flexibility index (Phi) is 4.43. The summed E-state index contributed by atoms with van der Waals surface area (Å²) in [5.41, 5.74) is 1.21. The molecule has 6 heteroatoms. The first kappa shape index (κ1) is 14.9. The summed E-state index contributed by atoms with van der Waals surface area (Å²) in [5.74, 6) is -1.34. The number of nitrogens with zero attached hydrogens (tertiary/aromatic N) is 3. The van der Waals surface area contributed by atoms with Crippen LogP contribution in [0.4, 0.5) is 10.5 Å². The summed E-state index contributed by atoms with van der Waals surface area (Å²) in [7, 11) is 1.65. The molecule has 1 saturated heterocycles. The van der Waals surface area contributed by atoms with Gasteiger partial charge in [-0.3, -0.25) is 9.69 Å². The van der Waals surface area contributed by atoms with E-state index in [2.05, 4.69) is 0 Å². The first-order valence-electron chi connectivity index (χ1n) is 6.78. The van der Waals surface area contributed by atoms with E-state index < -0.39 is 11.9 Å². The van der Waals surface area contributed by atoms with E-state index in [0.29, 0.717) is 30.6 Å². The molecule has 2 amide bonds. The van der Waals surface area contributed by atoms with Gasteiger partial charge in [-0.15, -0.1) is 0 Å². The van der Waals surface area contributed by atoms with Gasteiger partial charge >= 0.3 is 12.0 Å². The third-order valence-electron chi connectivity index (χ3n) is 3.71. The van der Waals surface area contributed by atoms with Gasteiger partial charge in [0.2, 0.25) is 0 Å². The van der Waals surface area contributed by atoms with E-state index >= 15 is 0 Å². The standard InChI is InChI=1S/C15H17N3O3/c1-17(13-6-4-11(9-16)5-7-13)15(21)18-8-2-3-12(10-18)14(19)20/h4-7,12H,2-3,8,10H2,1H3,(H,19,20)/t12-/m0/s1. The van der Waals surface area contributed by atoms with Crippen molar-refractivity contribution in [3.63, 3.8) is 0 Å². The summed E-state index contributed by atoms with van der Waals surface area (Å²) >= 11 is 0. The van der Waals surface area contributed by atoms with Crippen LogP contribution in [0.3, 0.4) is 0 Å². The van der Waals surface area contributed by atoms with Crippen LogP contribution in [0.1, 0.15) is 18.4 Å². The van der Waals surface area contributed by atoms with Crippen LogP contribution < -0.4 is 4.90 Å². The number of nitriles is 1. The Morgan fingerprint density at radius 3 is 2.62 bits per heavy atom. The molecule has 0 spiro atoms. The summed E-state index contributed by atoms with van der Waals surface area (Å²) < 4.78 is 0. The molecule has 0 saturated carbocycles. The molecule has 1 atom stereocenters. The molecule has 110 valence electrons. The zero-order valence-corrected chi connectivity index (χ0v) is 11.8. The second kappa shape index (κ2) is 6.27. The normalized spacial score (nSPS) is 17.9. The van der Waals surface area contributed by atoms with Crippen LogP contribution in [0.5, 0.6) is 0 Å². The number of urea groups is 1. The second-order valence-electron chi connectivity index (χ2n) is 5.12. The molecule has 1 aliphatic heterocycles. The maximum absolute atomic E-state index is 12.4. The van der Waals surface area contributed by atoms with Gasteiger partial charge in [0.15, 0.2) is 0 Å². The Morgan fingerprint density at radius 2 is 2.05 bits per heavy atom. The van der Waals surface area contributed by atoms with Crippen molar-refractivity contribution >= 4 is 17.7 Å². The van der Waals surface area contributed by atoms with Crippen LogP contribution in [0, 0.1) is 17.2 Å². The van der Waals surface area contributed by atoms with Crippen molar-refractivity contribution < 1.29 is 14.7 Å². The molecule has 1 N–H and O–H groups in total. The number of carbonyl (C=O) groups excluding carboxylic acids is 1. The lowest BCUT2D eigenvalue weighted by Gasteiger charge is -2.33. The van der Waals surface area contributed by atoms with Gasteiger partial charge in [0.05, 0.1) is 17.6 Å². The Hall–Kier alpha value is -2.55.